The number of hydrogen-bond acceptors (Lipinski definition) is 4. The number of nitrogens with one attached hydrogen (secondary N) is 1. The molecule has 0 saturated heterocycles. The topological polar surface area (TPSA) is 43.4 Å². The number of methoxy groups -OCH3 is 1. The van der Waals surface area contributed by atoms with E-state index in [0.717, 1.165) is 28.9 Å². The highest BCUT2D eigenvalue weighted by Crippen LogP contribution is 2.23. The Morgan fingerprint density at radius 2 is 2.28 bits per heavy atom. The third kappa shape index (κ3) is 4.55. The SMILES string of the molecule is COCCCOc1ncc(Br)cc1CNC1CC1. The molecule has 0 aromatic carbocycles. The second kappa shape index (κ2) is 7.07. The summed E-state index contributed by atoms with van der Waals surface area (Å²) in [5.41, 5.74) is 1.11. The van der Waals surface area contributed by atoms with Gasteiger partial charge in [0.1, 0.15) is 0 Å². The van der Waals surface area contributed by atoms with E-state index < -0.39 is 0 Å². The Morgan fingerprint density at radius 3 is 3.00 bits per heavy atom. The van der Waals surface area contributed by atoms with Gasteiger partial charge in [0.15, 0.2) is 0 Å². The van der Waals surface area contributed by atoms with Gasteiger partial charge in [-0.2, -0.15) is 0 Å². The van der Waals surface area contributed by atoms with Gasteiger partial charge in [0.2, 0.25) is 5.88 Å². The second-order valence-electron chi connectivity index (χ2n) is 4.47. The number of halogens is 1. The first-order valence-corrected chi connectivity index (χ1v) is 7.08. The van der Waals surface area contributed by atoms with Gasteiger partial charge in [0.25, 0.3) is 0 Å². The largest absolute Gasteiger partial charge is 0.477 e. The van der Waals surface area contributed by atoms with Crippen molar-refractivity contribution in [2.45, 2.75) is 31.8 Å². The molecule has 4 nitrogen and oxygen atoms in total. The first-order chi connectivity index (χ1) is 8.79. The van der Waals surface area contributed by atoms with Crippen LogP contribution < -0.4 is 10.1 Å². The fraction of sp³-hybridized carbons (Fsp3) is 0.615. The van der Waals surface area contributed by atoms with Gasteiger partial charge in [-0.1, -0.05) is 0 Å². The molecule has 0 aliphatic heterocycles. The van der Waals surface area contributed by atoms with E-state index in [0.29, 0.717) is 19.3 Å². The molecule has 0 radical (unpaired) electrons. The van der Waals surface area contributed by atoms with E-state index in [-0.39, 0.29) is 0 Å². The zero-order valence-electron chi connectivity index (χ0n) is 10.6. The molecule has 1 fully saturated rings. The molecule has 1 aliphatic carbocycles. The highest BCUT2D eigenvalue weighted by molar-refractivity contribution is 9.10. The van der Waals surface area contributed by atoms with Crippen LogP contribution >= 0.6 is 15.9 Å². The average molecular weight is 315 g/mol. The fourth-order valence-corrected chi connectivity index (χ4v) is 2.02. The van der Waals surface area contributed by atoms with Crippen LogP contribution in [0.3, 0.4) is 0 Å². The minimum atomic E-state index is 0.638. The predicted molar refractivity (Wildman–Crippen MR) is 73.8 cm³/mol. The molecule has 100 valence electrons. The lowest BCUT2D eigenvalue weighted by Crippen LogP contribution is -2.16. The number of hydrogen-bond donors (Lipinski definition) is 1. The first-order valence-electron chi connectivity index (χ1n) is 6.29. The Kier molecular flexibility index (Phi) is 5.41. The van der Waals surface area contributed by atoms with Gasteiger partial charge >= 0.3 is 0 Å². The second-order valence-corrected chi connectivity index (χ2v) is 5.38. The lowest BCUT2D eigenvalue weighted by Gasteiger charge is -2.11. The molecule has 0 spiro atoms. The molecule has 1 aliphatic rings. The normalized spacial score (nSPS) is 14.8. The molecular weight excluding hydrogens is 296 g/mol. The summed E-state index contributed by atoms with van der Waals surface area (Å²) in [7, 11) is 1.70. The first kappa shape index (κ1) is 13.8. The van der Waals surface area contributed by atoms with Crippen LogP contribution in [-0.2, 0) is 11.3 Å². The van der Waals surface area contributed by atoms with E-state index in [2.05, 4.69) is 32.3 Å². The molecule has 1 saturated carbocycles. The molecule has 0 atom stereocenters. The number of nitrogens with zero attached hydrogens (tertiary/aromatic N) is 1. The molecule has 0 amide bonds. The summed E-state index contributed by atoms with van der Waals surface area (Å²) in [4.78, 5) is 4.32. The smallest absolute Gasteiger partial charge is 0.217 e. The van der Waals surface area contributed by atoms with Crippen molar-refractivity contribution < 1.29 is 9.47 Å². The van der Waals surface area contributed by atoms with Crippen molar-refractivity contribution in [2.24, 2.45) is 0 Å². The standard InChI is InChI=1S/C13H19BrN2O2/c1-17-5-2-6-18-13-10(7-11(14)9-16-13)8-15-12-3-4-12/h7,9,12,15H,2-6,8H2,1H3. The van der Waals surface area contributed by atoms with Gasteiger partial charge in [0, 0.05) is 49.0 Å². The minimum Gasteiger partial charge on any atom is -0.477 e. The molecule has 1 aromatic rings. The van der Waals surface area contributed by atoms with E-state index in [1.807, 2.05) is 0 Å². The number of rotatable bonds is 8. The van der Waals surface area contributed by atoms with Crippen molar-refractivity contribution in [3.63, 3.8) is 0 Å². The van der Waals surface area contributed by atoms with Gasteiger partial charge in [-0.3, -0.25) is 0 Å². The summed E-state index contributed by atoms with van der Waals surface area (Å²) in [6, 6.07) is 2.75. The van der Waals surface area contributed by atoms with Crippen molar-refractivity contribution in [2.75, 3.05) is 20.3 Å². The Hall–Kier alpha value is -0.650. The van der Waals surface area contributed by atoms with Crippen LogP contribution in [0.5, 0.6) is 5.88 Å². The summed E-state index contributed by atoms with van der Waals surface area (Å²) in [5.74, 6) is 0.724. The molecular formula is C13H19BrN2O2. The Labute approximate surface area is 116 Å². The third-order valence-electron chi connectivity index (χ3n) is 2.78. The summed E-state index contributed by atoms with van der Waals surface area (Å²) in [5, 5.41) is 3.48. The molecule has 1 heterocycles. The molecule has 0 bridgehead atoms. The van der Waals surface area contributed by atoms with Crippen LogP contribution in [0.15, 0.2) is 16.7 Å². The monoisotopic (exact) mass is 314 g/mol. The maximum atomic E-state index is 5.69. The lowest BCUT2D eigenvalue weighted by molar-refractivity contribution is 0.170. The van der Waals surface area contributed by atoms with Crippen LogP contribution in [0.4, 0.5) is 0 Å². The van der Waals surface area contributed by atoms with Gasteiger partial charge in [-0.05, 0) is 34.8 Å². The highest BCUT2D eigenvalue weighted by atomic mass is 79.9. The van der Waals surface area contributed by atoms with Gasteiger partial charge in [-0.15, -0.1) is 0 Å². The summed E-state index contributed by atoms with van der Waals surface area (Å²) in [6.07, 6.45) is 5.22. The predicted octanol–water partition coefficient (Wildman–Crippen LogP) is 2.51. The molecule has 1 aromatic heterocycles. The molecule has 0 unspecified atom stereocenters. The summed E-state index contributed by atoms with van der Waals surface area (Å²) < 4.78 is 11.7. The maximum Gasteiger partial charge on any atom is 0.217 e. The highest BCUT2D eigenvalue weighted by Gasteiger charge is 2.20. The summed E-state index contributed by atoms with van der Waals surface area (Å²) >= 11 is 3.45. The quantitative estimate of drug-likeness (QED) is 0.749. The van der Waals surface area contributed by atoms with Crippen molar-refractivity contribution in [1.82, 2.24) is 10.3 Å². The van der Waals surface area contributed by atoms with Crippen molar-refractivity contribution >= 4 is 15.9 Å². The van der Waals surface area contributed by atoms with E-state index in [9.17, 15) is 0 Å². The zero-order chi connectivity index (χ0) is 12.8. The Balaban J connectivity index is 1.88. The van der Waals surface area contributed by atoms with E-state index in [1.54, 1.807) is 13.3 Å². The van der Waals surface area contributed by atoms with Crippen LogP contribution in [0.2, 0.25) is 0 Å². The van der Waals surface area contributed by atoms with E-state index >= 15 is 0 Å². The van der Waals surface area contributed by atoms with E-state index in [1.165, 1.54) is 12.8 Å². The molecule has 1 N–H and O–H groups in total. The maximum absolute atomic E-state index is 5.69. The average Bonchev–Trinajstić information content (AvgIpc) is 3.18. The lowest BCUT2D eigenvalue weighted by atomic mass is 10.2. The van der Waals surface area contributed by atoms with Crippen LogP contribution in [0, 0.1) is 0 Å². The molecule has 2 rings (SSSR count). The Bertz CT molecular complexity index is 383. The molecule has 5 heteroatoms. The number of pyridine rings is 1. The van der Waals surface area contributed by atoms with Crippen LogP contribution in [-0.4, -0.2) is 31.3 Å². The van der Waals surface area contributed by atoms with Crippen molar-refractivity contribution in [3.05, 3.63) is 22.3 Å². The van der Waals surface area contributed by atoms with Crippen LogP contribution in [0.25, 0.3) is 0 Å². The fourth-order valence-electron chi connectivity index (χ4n) is 1.64. The van der Waals surface area contributed by atoms with Gasteiger partial charge < -0.3 is 14.8 Å². The van der Waals surface area contributed by atoms with Crippen LogP contribution in [0.1, 0.15) is 24.8 Å². The van der Waals surface area contributed by atoms with Gasteiger partial charge in [-0.25, -0.2) is 4.98 Å². The molecule has 18 heavy (non-hydrogen) atoms. The third-order valence-corrected chi connectivity index (χ3v) is 3.22. The van der Waals surface area contributed by atoms with Gasteiger partial charge in [0.05, 0.1) is 6.61 Å². The minimum absolute atomic E-state index is 0.638. The zero-order valence-corrected chi connectivity index (χ0v) is 12.2. The van der Waals surface area contributed by atoms with E-state index in [4.69, 9.17) is 9.47 Å². The van der Waals surface area contributed by atoms with Crippen molar-refractivity contribution in [3.8, 4) is 5.88 Å². The number of ether oxygens (including phenoxy) is 2. The number of aromatic nitrogens is 1. The summed E-state index contributed by atoms with van der Waals surface area (Å²) in [6.45, 7) is 2.17. The van der Waals surface area contributed by atoms with Crippen molar-refractivity contribution in [1.29, 1.82) is 0 Å². The Morgan fingerprint density at radius 1 is 1.44 bits per heavy atom.